The standard InChI is InChI=1S/C42H45ClFN9O12/c1-51-31(21-45-42(51)53(59)60)37(23-6-7-27(44)26(43)18-23)50-38-25-19-33(32(61-2)20-29(25)46-22-47-38)65-17-16-64-15-14-63-13-12-62-11-10-35(55)48-28-5-3-4-24-36(28)41(58)52(40(24)57)30-8-9-34(54)49-39(30)56/h3-7,18-22,30,37,40-41,57-58H,8-17H2,1-2H3,(H,48,55)(H,46,47,50)(H,49,54,56). The predicted molar refractivity (Wildman–Crippen MR) is 228 cm³/mol. The molecule has 0 radical (unpaired) electrons. The van der Waals surface area contributed by atoms with Gasteiger partial charge in [-0.15, -0.1) is 0 Å². The van der Waals surface area contributed by atoms with Gasteiger partial charge in [-0.3, -0.25) is 19.7 Å². The molecule has 4 heterocycles. The summed E-state index contributed by atoms with van der Waals surface area (Å²) in [6.45, 7) is 1.41. The number of carbonyl (C=O) groups excluding carboxylic acids is 3. The molecule has 0 spiro atoms. The lowest BCUT2D eigenvalue weighted by Crippen LogP contribution is -2.52. The third-order valence-electron chi connectivity index (χ3n) is 10.7. The molecule has 5 aromatic rings. The summed E-state index contributed by atoms with van der Waals surface area (Å²) in [5.74, 6) is -1.35. The second-order valence-corrected chi connectivity index (χ2v) is 15.2. The minimum absolute atomic E-state index is 0.000966. The van der Waals surface area contributed by atoms with Crippen molar-refractivity contribution in [2.24, 2.45) is 7.05 Å². The summed E-state index contributed by atoms with van der Waals surface area (Å²) in [6, 6.07) is 10.5. The number of carbonyl (C=O) groups is 3. The van der Waals surface area contributed by atoms with Gasteiger partial charge in [-0.2, -0.15) is 0 Å². The number of rotatable bonds is 21. The lowest BCUT2D eigenvalue weighted by molar-refractivity contribution is -0.396. The van der Waals surface area contributed by atoms with E-state index in [-0.39, 0.29) is 87.7 Å². The van der Waals surface area contributed by atoms with E-state index in [1.807, 2.05) is 0 Å². The molecule has 344 valence electrons. The maximum atomic E-state index is 14.2. The molecule has 7 rings (SSSR count). The first-order valence-electron chi connectivity index (χ1n) is 20.3. The van der Waals surface area contributed by atoms with E-state index in [1.165, 1.54) is 54.3 Å². The van der Waals surface area contributed by atoms with E-state index in [9.17, 15) is 39.1 Å². The van der Waals surface area contributed by atoms with Gasteiger partial charge in [-0.1, -0.05) is 34.8 Å². The van der Waals surface area contributed by atoms with Crippen LogP contribution >= 0.6 is 11.6 Å². The summed E-state index contributed by atoms with van der Waals surface area (Å²) < 4.78 is 43.8. The molecule has 0 aliphatic carbocycles. The average Bonchev–Trinajstić information content (AvgIpc) is 3.79. The number of amides is 3. The number of imidazole rings is 1. The van der Waals surface area contributed by atoms with E-state index in [0.717, 1.165) is 0 Å². The summed E-state index contributed by atoms with van der Waals surface area (Å²) in [7, 11) is 2.98. The molecule has 65 heavy (non-hydrogen) atoms. The fourth-order valence-electron chi connectivity index (χ4n) is 7.54. The number of aliphatic hydroxyl groups is 2. The second kappa shape index (κ2) is 21.1. The molecule has 0 saturated carbocycles. The van der Waals surface area contributed by atoms with Crippen molar-refractivity contribution in [3.8, 4) is 11.5 Å². The Morgan fingerprint density at radius 1 is 1.00 bits per heavy atom. The molecule has 4 unspecified atom stereocenters. The van der Waals surface area contributed by atoms with E-state index >= 15 is 0 Å². The van der Waals surface area contributed by atoms with Crippen LogP contribution in [-0.4, -0.2) is 117 Å². The van der Waals surface area contributed by atoms with Crippen LogP contribution in [0.25, 0.3) is 10.9 Å². The number of ether oxygens (including phenoxy) is 5. The van der Waals surface area contributed by atoms with Crippen LogP contribution in [-0.2, 0) is 35.6 Å². The zero-order chi connectivity index (χ0) is 46.2. The lowest BCUT2D eigenvalue weighted by Gasteiger charge is -2.34. The highest BCUT2D eigenvalue weighted by Crippen LogP contribution is 2.45. The first-order chi connectivity index (χ1) is 31.4. The Labute approximate surface area is 374 Å². The highest BCUT2D eigenvalue weighted by Gasteiger charge is 2.46. The number of imide groups is 1. The van der Waals surface area contributed by atoms with E-state index in [2.05, 4.69) is 30.9 Å². The van der Waals surface area contributed by atoms with Crippen molar-refractivity contribution in [3.05, 3.63) is 104 Å². The Kier molecular flexibility index (Phi) is 15.1. The van der Waals surface area contributed by atoms with Crippen LogP contribution in [0.4, 0.5) is 21.8 Å². The summed E-state index contributed by atoms with van der Waals surface area (Å²) in [5, 5.41) is 42.3. The quantitative estimate of drug-likeness (QED) is 0.0303. The van der Waals surface area contributed by atoms with E-state index in [1.54, 1.807) is 30.3 Å². The molecular weight excluding hydrogens is 877 g/mol. The average molecular weight is 922 g/mol. The first-order valence-corrected chi connectivity index (χ1v) is 20.7. The highest BCUT2D eigenvalue weighted by atomic mass is 35.5. The normalized spacial score (nSPS) is 17.7. The second-order valence-electron chi connectivity index (χ2n) is 14.7. The molecule has 0 bridgehead atoms. The molecule has 1 saturated heterocycles. The molecule has 1 fully saturated rings. The van der Waals surface area contributed by atoms with Gasteiger partial charge in [0.05, 0.1) is 76.8 Å². The van der Waals surface area contributed by atoms with Gasteiger partial charge in [0.1, 0.15) is 55.0 Å². The monoisotopic (exact) mass is 921 g/mol. The molecule has 21 nitrogen and oxygen atoms in total. The Morgan fingerprint density at radius 3 is 2.43 bits per heavy atom. The fourth-order valence-corrected chi connectivity index (χ4v) is 7.73. The number of halogens is 2. The maximum absolute atomic E-state index is 14.2. The number of anilines is 2. The van der Waals surface area contributed by atoms with Crippen LogP contribution in [0.15, 0.2) is 61.1 Å². The molecule has 2 aromatic heterocycles. The SMILES string of the molecule is COc1cc2ncnc(NC(c3ccc(F)c(Cl)c3)c3cnc([N+](=O)[O-])n3C)c2cc1OCCOCCOCCOCCC(=O)Nc1cccc2c1C(O)N(C1CCC(=O)NC1=O)C2O. The van der Waals surface area contributed by atoms with Gasteiger partial charge in [-0.05, 0) is 41.2 Å². The number of hydrogen-bond acceptors (Lipinski definition) is 17. The van der Waals surface area contributed by atoms with Gasteiger partial charge in [0.2, 0.25) is 17.7 Å². The topological polar surface area (TPSA) is 264 Å². The molecule has 4 atom stereocenters. The van der Waals surface area contributed by atoms with Crippen molar-refractivity contribution in [1.82, 2.24) is 29.7 Å². The largest absolute Gasteiger partial charge is 0.493 e. The van der Waals surface area contributed by atoms with Gasteiger partial charge < -0.3 is 54.6 Å². The van der Waals surface area contributed by atoms with Crippen molar-refractivity contribution in [2.45, 2.75) is 43.8 Å². The van der Waals surface area contributed by atoms with Crippen molar-refractivity contribution < 1.29 is 57.6 Å². The molecule has 2 aliphatic rings. The number of piperidine rings is 1. The number of nitro groups is 1. The number of nitrogens with zero attached hydrogens (tertiary/aromatic N) is 6. The molecule has 23 heteroatoms. The van der Waals surface area contributed by atoms with Gasteiger partial charge in [-0.25, -0.2) is 23.8 Å². The lowest BCUT2D eigenvalue weighted by atomic mass is 10.0. The molecule has 3 amide bonds. The maximum Gasteiger partial charge on any atom is 0.434 e. The number of hydrogen-bond donors (Lipinski definition) is 5. The van der Waals surface area contributed by atoms with Crippen LogP contribution in [0.2, 0.25) is 5.02 Å². The van der Waals surface area contributed by atoms with E-state index in [0.29, 0.717) is 45.0 Å². The van der Waals surface area contributed by atoms with Crippen molar-refractivity contribution in [1.29, 1.82) is 0 Å². The smallest absolute Gasteiger partial charge is 0.434 e. The van der Waals surface area contributed by atoms with Crippen LogP contribution in [0.5, 0.6) is 11.5 Å². The Morgan fingerprint density at radius 2 is 1.74 bits per heavy atom. The minimum atomic E-state index is -1.39. The first kappa shape index (κ1) is 46.6. The van der Waals surface area contributed by atoms with E-state index < -0.39 is 53.0 Å². The number of aliphatic hydroxyl groups excluding tert-OH is 2. The summed E-state index contributed by atoms with van der Waals surface area (Å²) in [6.07, 6.45) is 0.191. The number of benzene rings is 3. The van der Waals surface area contributed by atoms with Crippen molar-refractivity contribution in [3.63, 3.8) is 0 Å². The molecule has 2 aliphatic heterocycles. The molecule has 3 aromatic carbocycles. The number of aromatic nitrogens is 4. The zero-order valence-electron chi connectivity index (χ0n) is 35.1. The predicted octanol–water partition coefficient (Wildman–Crippen LogP) is 3.83. The summed E-state index contributed by atoms with van der Waals surface area (Å²) >= 11 is 6.13. The Balaban J connectivity index is 0.839. The minimum Gasteiger partial charge on any atom is -0.493 e. The third kappa shape index (κ3) is 10.6. The van der Waals surface area contributed by atoms with Gasteiger partial charge in [0.25, 0.3) is 0 Å². The Hall–Kier alpha value is -6.40. The van der Waals surface area contributed by atoms with Gasteiger partial charge in [0.15, 0.2) is 11.5 Å². The van der Waals surface area contributed by atoms with Gasteiger partial charge in [0, 0.05) is 34.7 Å². The van der Waals surface area contributed by atoms with Crippen LogP contribution in [0.3, 0.4) is 0 Å². The van der Waals surface area contributed by atoms with Crippen molar-refractivity contribution in [2.75, 3.05) is 64.0 Å². The van der Waals surface area contributed by atoms with Crippen LogP contribution < -0.4 is 25.4 Å². The zero-order valence-corrected chi connectivity index (χ0v) is 35.8. The number of fused-ring (bicyclic) bond motifs is 2. The summed E-state index contributed by atoms with van der Waals surface area (Å²) in [5.41, 5.74) is 2.27. The number of methoxy groups -OCH3 is 1. The highest BCUT2D eigenvalue weighted by molar-refractivity contribution is 6.30. The van der Waals surface area contributed by atoms with E-state index in [4.69, 9.17) is 35.3 Å². The fraction of sp³-hybridized carbons (Fsp3) is 0.381. The van der Waals surface area contributed by atoms with Gasteiger partial charge >= 0.3 is 5.95 Å². The number of nitrogens with one attached hydrogen (secondary N) is 3. The summed E-state index contributed by atoms with van der Waals surface area (Å²) in [4.78, 5) is 61.8. The third-order valence-corrected chi connectivity index (χ3v) is 11.0. The van der Waals surface area contributed by atoms with Crippen LogP contribution in [0.1, 0.15) is 60.1 Å². The van der Waals surface area contributed by atoms with Crippen molar-refractivity contribution >= 4 is 57.7 Å². The molecule has 5 N–H and O–H groups in total. The molecular formula is C42H45ClFN9O12. The van der Waals surface area contributed by atoms with Crippen LogP contribution in [0, 0.1) is 15.9 Å². The Bertz CT molecular complexity index is 2570.